The van der Waals surface area contributed by atoms with Crippen molar-refractivity contribution in [2.24, 2.45) is 5.92 Å². The Kier molecular flexibility index (Phi) is 6.22. The minimum Gasteiger partial charge on any atom is -0.469 e. The van der Waals surface area contributed by atoms with Crippen LogP contribution in [0.3, 0.4) is 0 Å². The summed E-state index contributed by atoms with van der Waals surface area (Å²) in [5.74, 6) is -0.825. The number of aldehydes is 1. The minimum absolute atomic E-state index is 0.0948. The number of alkyl carbamates (subject to hydrolysis) is 1. The fourth-order valence-electron chi connectivity index (χ4n) is 1.41. The number of amides is 1. The van der Waals surface area contributed by atoms with Gasteiger partial charge in [-0.3, -0.25) is 9.59 Å². The van der Waals surface area contributed by atoms with Crippen LogP contribution in [-0.4, -0.2) is 32.0 Å². The molecule has 1 aromatic rings. The van der Waals surface area contributed by atoms with Gasteiger partial charge in [-0.15, -0.1) is 0 Å². The van der Waals surface area contributed by atoms with E-state index >= 15 is 0 Å². The summed E-state index contributed by atoms with van der Waals surface area (Å²) < 4.78 is 9.51. The predicted octanol–water partition coefficient (Wildman–Crippen LogP) is 1.53. The lowest BCUT2D eigenvalue weighted by molar-refractivity contribution is -0.144. The molecule has 108 valence electrons. The summed E-state index contributed by atoms with van der Waals surface area (Å²) in [5.41, 5.74) is 1.33. The molecule has 0 spiro atoms. The van der Waals surface area contributed by atoms with Crippen molar-refractivity contribution in [2.75, 3.05) is 13.7 Å². The van der Waals surface area contributed by atoms with Crippen LogP contribution in [0.4, 0.5) is 4.79 Å². The first kappa shape index (κ1) is 15.7. The van der Waals surface area contributed by atoms with Crippen molar-refractivity contribution in [1.29, 1.82) is 0 Å². The molecule has 0 aliphatic heterocycles. The maximum Gasteiger partial charge on any atom is 0.407 e. The van der Waals surface area contributed by atoms with Gasteiger partial charge in [-0.25, -0.2) is 4.79 Å². The van der Waals surface area contributed by atoms with E-state index in [4.69, 9.17) is 4.74 Å². The van der Waals surface area contributed by atoms with Crippen LogP contribution in [0.15, 0.2) is 24.3 Å². The number of ether oxygens (including phenoxy) is 2. The normalized spacial score (nSPS) is 11.3. The van der Waals surface area contributed by atoms with Crippen molar-refractivity contribution in [3.8, 4) is 0 Å². The molecule has 0 aromatic heterocycles. The van der Waals surface area contributed by atoms with Crippen LogP contribution in [0.5, 0.6) is 0 Å². The van der Waals surface area contributed by atoms with Gasteiger partial charge in [0.05, 0.1) is 13.0 Å². The second-order valence-corrected chi connectivity index (χ2v) is 4.24. The topological polar surface area (TPSA) is 81.7 Å². The lowest BCUT2D eigenvalue weighted by atomic mass is 10.2. The lowest BCUT2D eigenvalue weighted by Crippen LogP contribution is -2.32. The van der Waals surface area contributed by atoms with Crippen molar-refractivity contribution in [3.05, 3.63) is 35.4 Å². The van der Waals surface area contributed by atoms with E-state index in [2.05, 4.69) is 10.1 Å². The van der Waals surface area contributed by atoms with Gasteiger partial charge in [0.1, 0.15) is 12.9 Å². The number of benzene rings is 1. The number of nitrogens with one attached hydrogen (secondary N) is 1. The van der Waals surface area contributed by atoms with E-state index in [0.29, 0.717) is 5.56 Å². The number of carbonyl (C=O) groups excluding carboxylic acids is 3. The molecular formula is C14H17NO5. The summed E-state index contributed by atoms with van der Waals surface area (Å²) >= 11 is 0. The second kappa shape index (κ2) is 7.93. The quantitative estimate of drug-likeness (QED) is 0.631. The molecule has 6 nitrogen and oxygen atoms in total. The lowest BCUT2D eigenvalue weighted by Gasteiger charge is -2.11. The molecular weight excluding hydrogens is 262 g/mol. The first-order valence-corrected chi connectivity index (χ1v) is 6.09. The van der Waals surface area contributed by atoms with Gasteiger partial charge >= 0.3 is 12.1 Å². The number of rotatable bonds is 6. The third-order valence-electron chi connectivity index (χ3n) is 2.64. The summed E-state index contributed by atoms with van der Waals surface area (Å²) in [7, 11) is 1.29. The summed E-state index contributed by atoms with van der Waals surface area (Å²) in [6, 6.07) is 6.69. The maximum atomic E-state index is 11.4. The van der Waals surface area contributed by atoms with Gasteiger partial charge in [-0.2, -0.15) is 0 Å². The molecule has 1 aromatic carbocycles. The van der Waals surface area contributed by atoms with E-state index in [0.717, 1.165) is 11.8 Å². The van der Waals surface area contributed by atoms with Gasteiger partial charge < -0.3 is 14.8 Å². The van der Waals surface area contributed by atoms with Gasteiger partial charge in [0.25, 0.3) is 0 Å². The van der Waals surface area contributed by atoms with Crippen molar-refractivity contribution in [3.63, 3.8) is 0 Å². The van der Waals surface area contributed by atoms with Gasteiger partial charge in [-0.05, 0) is 5.56 Å². The fourth-order valence-corrected chi connectivity index (χ4v) is 1.41. The Balaban J connectivity index is 2.32. The van der Waals surface area contributed by atoms with Crippen LogP contribution in [0.1, 0.15) is 22.8 Å². The smallest absolute Gasteiger partial charge is 0.407 e. The monoisotopic (exact) mass is 279 g/mol. The molecule has 1 rings (SSSR count). The number of carbonyl (C=O) groups is 3. The Morgan fingerprint density at radius 1 is 1.30 bits per heavy atom. The zero-order valence-corrected chi connectivity index (χ0v) is 11.4. The van der Waals surface area contributed by atoms with E-state index in [1.54, 1.807) is 31.2 Å². The zero-order valence-electron chi connectivity index (χ0n) is 11.4. The summed E-state index contributed by atoms with van der Waals surface area (Å²) in [6.07, 6.45) is 0.131. The molecule has 1 atom stereocenters. The van der Waals surface area contributed by atoms with Crippen molar-refractivity contribution >= 4 is 18.3 Å². The van der Waals surface area contributed by atoms with Crippen LogP contribution >= 0.6 is 0 Å². The summed E-state index contributed by atoms with van der Waals surface area (Å²) in [5, 5.41) is 2.47. The average Bonchev–Trinajstić information content (AvgIpc) is 2.50. The standard InChI is InChI=1S/C14H17NO5/c1-10(13(17)19-2)7-15-14(18)20-9-12-5-3-11(8-16)4-6-12/h3-6,8,10H,7,9H2,1-2H3,(H,15,18). The number of esters is 1. The number of hydrogen-bond acceptors (Lipinski definition) is 5. The van der Waals surface area contributed by atoms with Gasteiger partial charge in [0.2, 0.25) is 0 Å². The first-order chi connectivity index (χ1) is 9.56. The highest BCUT2D eigenvalue weighted by atomic mass is 16.5. The van der Waals surface area contributed by atoms with Crippen LogP contribution in [0.2, 0.25) is 0 Å². The largest absolute Gasteiger partial charge is 0.469 e. The van der Waals surface area contributed by atoms with Crippen molar-refractivity contribution in [2.45, 2.75) is 13.5 Å². The van der Waals surface area contributed by atoms with Gasteiger partial charge in [0, 0.05) is 12.1 Å². The molecule has 20 heavy (non-hydrogen) atoms. The number of methoxy groups -OCH3 is 1. The molecule has 1 N–H and O–H groups in total. The Hall–Kier alpha value is -2.37. The van der Waals surface area contributed by atoms with Crippen LogP contribution in [0.25, 0.3) is 0 Å². The van der Waals surface area contributed by atoms with Crippen LogP contribution in [0, 0.1) is 5.92 Å². The minimum atomic E-state index is -0.611. The molecule has 0 saturated heterocycles. The third-order valence-corrected chi connectivity index (χ3v) is 2.64. The van der Waals surface area contributed by atoms with E-state index < -0.39 is 18.0 Å². The molecule has 6 heteroatoms. The third kappa shape index (κ3) is 5.09. The molecule has 1 unspecified atom stereocenters. The average molecular weight is 279 g/mol. The number of hydrogen-bond donors (Lipinski definition) is 1. The Morgan fingerprint density at radius 3 is 2.50 bits per heavy atom. The second-order valence-electron chi connectivity index (χ2n) is 4.24. The summed E-state index contributed by atoms with van der Waals surface area (Å²) in [4.78, 5) is 33.0. The first-order valence-electron chi connectivity index (χ1n) is 6.09. The molecule has 0 aliphatic rings. The highest BCUT2D eigenvalue weighted by Gasteiger charge is 2.14. The van der Waals surface area contributed by atoms with E-state index in [-0.39, 0.29) is 13.2 Å². The van der Waals surface area contributed by atoms with Crippen LogP contribution in [-0.2, 0) is 20.9 Å². The SMILES string of the molecule is COC(=O)C(C)CNC(=O)OCc1ccc(C=O)cc1. The maximum absolute atomic E-state index is 11.4. The Labute approximate surface area is 117 Å². The van der Waals surface area contributed by atoms with Crippen LogP contribution < -0.4 is 5.32 Å². The highest BCUT2D eigenvalue weighted by Crippen LogP contribution is 2.04. The fraction of sp³-hybridized carbons (Fsp3) is 0.357. The van der Waals surface area contributed by atoms with Crippen molar-refractivity contribution in [1.82, 2.24) is 5.32 Å². The summed E-state index contributed by atoms with van der Waals surface area (Å²) in [6.45, 7) is 1.89. The van der Waals surface area contributed by atoms with E-state index in [9.17, 15) is 14.4 Å². The van der Waals surface area contributed by atoms with Gasteiger partial charge in [0.15, 0.2) is 0 Å². The van der Waals surface area contributed by atoms with Gasteiger partial charge in [-0.1, -0.05) is 31.2 Å². The molecule has 0 bridgehead atoms. The zero-order chi connectivity index (χ0) is 15.0. The van der Waals surface area contributed by atoms with Crippen molar-refractivity contribution < 1.29 is 23.9 Å². The van der Waals surface area contributed by atoms with E-state index in [1.165, 1.54) is 7.11 Å². The predicted molar refractivity (Wildman–Crippen MR) is 71.2 cm³/mol. The Morgan fingerprint density at radius 2 is 1.95 bits per heavy atom. The molecule has 0 heterocycles. The molecule has 0 fully saturated rings. The highest BCUT2D eigenvalue weighted by molar-refractivity contribution is 5.75. The molecule has 0 aliphatic carbocycles. The van der Waals surface area contributed by atoms with E-state index in [1.807, 2.05) is 0 Å². The Bertz CT molecular complexity index is 469. The molecule has 0 saturated carbocycles. The molecule has 1 amide bonds. The molecule has 0 radical (unpaired) electrons.